The summed E-state index contributed by atoms with van der Waals surface area (Å²) < 4.78 is 0. The van der Waals surface area contributed by atoms with Crippen molar-refractivity contribution >= 4 is 34.7 Å². The highest BCUT2D eigenvalue weighted by Crippen LogP contribution is 2.23. The van der Waals surface area contributed by atoms with E-state index in [9.17, 15) is 4.79 Å². The first-order chi connectivity index (χ1) is 8.58. The second kappa shape index (κ2) is 5.38. The van der Waals surface area contributed by atoms with Crippen LogP contribution in [0.25, 0.3) is 0 Å². The van der Waals surface area contributed by atoms with Gasteiger partial charge in [-0.15, -0.1) is 0 Å². The van der Waals surface area contributed by atoms with E-state index in [0.29, 0.717) is 26.9 Å². The van der Waals surface area contributed by atoms with Gasteiger partial charge >= 0.3 is 0 Å². The number of nitrogens with two attached hydrogens (primary N) is 1. The van der Waals surface area contributed by atoms with Gasteiger partial charge in [0.05, 0.1) is 5.56 Å². The third kappa shape index (κ3) is 2.81. The zero-order valence-electron chi connectivity index (χ0n) is 9.36. The van der Waals surface area contributed by atoms with E-state index >= 15 is 0 Å². The molecule has 5 heteroatoms. The molecule has 1 heterocycles. The molecule has 0 atom stereocenters. The monoisotopic (exact) mass is 280 g/mol. The highest BCUT2D eigenvalue weighted by Gasteiger charge is 2.12. The Labute approximate surface area is 115 Å². The minimum Gasteiger partial charge on any atom is -0.398 e. The predicted molar refractivity (Wildman–Crippen MR) is 73.1 cm³/mol. The molecule has 1 aromatic carbocycles. The maximum Gasteiger partial charge on any atom is 0.170 e. The van der Waals surface area contributed by atoms with Crippen molar-refractivity contribution in [1.29, 1.82) is 0 Å². The lowest BCUT2D eigenvalue weighted by atomic mass is 10.0. The Balaban J connectivity index is 2.24. The quantitative estimate of drug-likeness (QED) is 0.877. The summed E-state index contributed by atoms with van der Waals surface area (Å²) in [6.45, 7) is 0. The number of halogens is 2. The Bertz CT molecular complexity index is 599. The van der Waals surface area contributed by atoms with Crippen LogP contribution in [-0.4, -0.2) is 10.8 Å². The summed E-state index contributed by atoms with van der Waals surface area (Å²) in [4.78, 5) is 16.0. The van der Waals surface area contributed by atoms with Gasteiger partial charge in [-0.3, -0.25) is 9.78 Å². The van der Waals surface area contributed by atoms with E-state index in [4.69, 9.17) is 28.9 Å². The SMILES string of the molecule is Nc1ccncc1C(=O)Cc1ccc(Cl)cc1Cl. The molecule has 3 nitrogen and oxygen atoms in total. The van der Waals surface area contributed by atoms with Gasteiger partial charge in [0, 0.05) is 34.5 Å². The van der Waals surface area contributed by atoms with Crippen molar-refractivity contribution in [3.8, 4) is 0 Å². The number of rotatable bonds is 3. The van der Waals surface area contributed by atoms with Gasteiger partial charge < -0.3 is 5.73 Å². The van der Waals surface area contributed by atoms with Gasteiger partial charge in [-0.1, -0.05) is 29.3 Å². The fourth-order valence-electron chi connectivity index (χ4n) is 1.57. The lowest BCUT2D eigenvalue weighted by molar-refractivity contribution is 0.0993. The summed E-state index contributed by atoms with van der Waals surface area (Å²) in [6.07, 6.45) is 3.18. The van der Waals surface area contributed by atoms with E-state index in [1.54, 1.807) is 30.5 Å². The first-order valence-corrected chi connectivity index (χ1v) is 6.00. The van der Waals surface area contributed by atoms with E-state index in [0.717, 1.165) is 0 Å². The number of aromatic nitrogens is 1. The Hall–Kier alpha value is -1.58. The van der Waals surface area contributed by atoms with Gasteiger partial charge in [0.2, 0.25) is 0 Å². The topological polar surface area (TPSA) is 56.0 Å². The smallest absolute Gasteiger partial charge is 0.170 e. The van der Waals surface area contributed by atoms with E-state index in [1.165, 1.54) is 6.20 Å². The van der Waals surface area contributed by atoms with E-state index in [2.05, 4.69) is 4.98 Å². The minimum atomic E-state index is -0.121. The molecule has 18 heavy (non-hydrogen) atoms. The normalized spacial score (nSPS) is 10.3. The van der Waals surface area contributed by atoms with Crippen molar-refractivity contribution in [2.75, 3.05) is 5.73 Å². The van der Waals surface area contributed by atoms with Crippen LogP contribution < -0.4 is 5.73 Å². The maximum atomic E-state index is 12.1. The Morgan fingerprint density at radius 3 is 2.72 bits per heavy atom. The number of nitrogen functional groups attached to an aromatic ring is 1. The highest BCUT2D eigenvalue weighted by molar-refractivity contribution is 6.35. The zero-order chi connectivity index (χ0) is 13.1. The van der Waals surface area contributed by atoms with Gasteiger partial charge in [-0.2, -0.15) is 0 Å². The number of nitrogens with zero attached hydrogens (tertiary/aromatic N) is 1. The molecule has 0 aliphatic heterocycles. The van der Waals surface area contributed by atoms with Crippen molar-refractivity contribution in [3.63, 3.8) is 0 Å². The van der Waals surface area contributed by atoms with Crippen LogP contribution in [0.1, 0.15) is 15.9 Å². The minimum absolute atomic E-state index is 0.121. The van der Waals surface area contributed by atoms with Gasteiger partial charge in [0.25, 0.3) is 0 Å². The molecule has 0 aliphatic carbocycles. The number of hydrogen-bond donors (Lipinski definition) is 1. The molecule has 0 amide bonds. The van der Waals surface area contributed by atoms with Crippen molar-refractivity contribution in [2.24, 2.45) is 0 Å². The first kappa shape index (κ1) is 12.9. The van der Waals surface area contributed by atoms with Crippen molar-refractivity contribution in [2.45, 2.75) is 6.42 Å². The fourth-order valence-corrected chi connectivity index (χ4v) is 2.05. The number of anilines is 1. The number of ketones is 1. The zero-order valence-corrected chi connectivity index (χ0v) is 10.9. The summed E-state index contributed by atoms with van der Waals surface area (Å²) in [5, 5.41) is 1.01. The number of carbonyl (C=O) groups excluding carboxylic acids is 1. The Morgan fingerprint density at radius 2 is 2.06 bits per heavy atom. The number of benzene rings is 1. The third-order valence-corrected chi connectivity index (χ3v) is 3.11. The Kier molecular flexibility index (Phi) is 3.84. The van der Waals surface area contributed by atoms with Crippen LogP contribution in [0.4, 0.5) is 5.69 Å². The molecule has 2 aromatic rings. The molecule has 0 saturated carbocycles. The van der Waals surface area contributed by atoms with Crippen LogP contribution in [0.3, 0.4) is 0 Å². The molecular weight excluding hydrogens is 271 g/mol. The number of pyridine rings is 1. The molecule has 2 N–H and O–H groups in total. The summed E-state index contributed by atoms with van der Waals surface area (Å²) >= 11 is 11.8. The molecule has 0 aliphatic rings. The van der Waals surface area contributed by atoms with Gasteiger partial charge in [0.1, 0.15) is 0 Å². The van der Waals surface area contributed by atoms with Crippen molar-refractivity contribution in [1.82, 2.24) is 4.98 Å². The van der Waals surface area contributed by atoms with E-state index < -0.39 is 0 Å². The summed E-state index contributed by atoms with van der Waals surface area (Å²) in [7, 11) is 0. The van der Waals surface area contributed by atoms with E-state index in [-0.39, 0.29) is 12.2 Å². The van der Waals surface area contributed by atoms with Crippen LogP contribution in [0.15, 0.2) is 36.7 Å². The molecule has 0 bridgehead atoms. The predicted octanol–water partition coefficient (Wildman–Crippen LogP) is 3.40. The van der Waals surface area contributed by atoms with Crippen LogP contribution in [0.5, 0.6) is 0 Å². The van der Waals surface area contributed by atoms with Crippen LogP contribution in [0.2, 0.25) is 10.0 Å². The third-order valence-electron chi connectivity index (χ3n) is 2.52. The number of Topliss-reactive ketones (excluding diaryl/α,β-unsaturated/α-hetero) is 1. The van der Waals surface area contributed by atoms with Gasteiger partial charge in [-0.05, 0) is 23.8 Å². The number of carbonyl (C=O) groups is 1. The summed E-state index contributed by atoms with van der Waals surface area (Å²) in [5.74, 6) is -0.121. The molecule has 0 fully saturated rings. The maximum absolute atomic E-state index is 12.1. The molecular formula is C13H10Cl2N2O. The summed E-state index contributed by atoms with van der Waals surface area (Å²) in [6, 6.07) is 6.63. The molecule has 0 spiro atoms. The lowest BCUT2D eigenvalue weighted by Crippen LogP contribution is -2.07. The largest absolute Gasteiger partial charge is 0.398 e. The standard InChI is InChI=1S/C13H10Cl2N2O/c14-9-2-1-8(11(15)6-9)5-13(18)10-7-17-4-3-12(10)16/h1-4,6-7H,5H2,(H2,16,17). The molecule has 0 saturated heterocycles. The second-order valence-electron chi connectivity index (χ2n) is 3.80. The molecule has 92 valence electrons. The average molecular weight is 281 g/mol. The average Bonchev–Trinajstić information content (AvgIpc) is 2.33. The molecule has 0 unspecified atom stereocenters. The lowest BCUT2D eigenvalue weighted by Gasteiger charge is -2.06. The highest BCUT2D eigenvalue weighted by atomic mass is 35.5. The van der Waals surface area contributed by atoms with Crippen molar-refractivity contribution < 1.29 is 4.79 Å². The fraction of sp³-hybridized carbons (Fsp3) is 0.0769. The summed E-state index contributed by atoms with van der Waals surface area (Å²) in [5.41, 5.74) is 7.26. The Morgan fingerprint density at radius 1 is 1.28 bits per heavy atom. The number of hydrogen-bond acceptors (Lipinski definition) is 3. The second-order valence-corrected chi connectivity index (χ2v) is 4.64. The van der Waals surface area contributed by atoms with Gasteiger partial charge in [-0.25, -0.2) is 0 Å². The first-order valence-electron chi connectivity index (χ1n) is 5.24. The molecule has 1 aromatic heterocycles. The van der Waals surface area contributed by atoms with Crippen LogP contribution in [-0.2, 0) is 6.42 Å². The van der Waals surface area contributed by atoms with Crippen LogP contribution >= 0.6 is 23.2 Å². The van der Waals surface area contributed by atoms with Crippen molar-refractivity contribution in [3.05, 3.63) is 57.8 Å². The molecule has 0 radical (unpaired) electrons. The van der Waals surface area contributed by atoms with Gasteiger partial charge in [0.15, 0.2) is 5.78 Å². The van der Waals surface area contributed by atoms with Crippen LogP contribution in [0, 0.1) is 0 Å². The van der Waals surface area contributed by atoms with E-state index in [1.807, 2.05) is 0 Å². The molecule has 2 rings (SSSR count).